The number of halogens is 2. The van der Waals surface area contributed by atoms with E-state index in [1.807, 2.05) is 48.5 Å². The Morgan fingerprint density at radius 1 is 0.400 bits per heavy atom. The molecule has 0 unspecified atom stereocenters. The lowest BCUT2D eigenvalue weighted by atomic mass is 9.66. The van der Waals surface area contributed by atoms with Crippen LogP contribution in [-0.2, 0) is 22.8 Å². The number of nitrogens with zero attached hydrogens (tertiary/aromatic N) is 2. The van der Waals surface area contributed by atoms with Gasteiger partial charge in [0, 0.05) is 56.6 Å². The van der Waals surface area contributed by atoms with Crippen molar-refractivity contribution in [2.45, 2.75) is 64.3 Å². The maximum absolute atomic E-state index is 15.5. The SMILES string of the molecule is CC(C)(C)c1ccc(N(Cc2cc3oc4ccccc4c3c3c2C(c2ccccc2)(c2ccccc2)c2cc(N(c4ccc(-c5ccccc5F)cc4)c4ccc(C(C)(C)C)cc4)c4ccccc4c2-3)c2ccc(-c3ccccc3F)cc2)cc1. The smallest absolute Gasteiger partial charge is 0.136 e. The van der Waals surface area contributed by atoms with E-state index < -0.39 is 5.41 Å². The summed E-state index contributed by atoms with van der Waals surface area (Å²) in [4.78, 5) is 4.80. The van der Waals surface area contributed by atoms with Crippen LogP contribution in [0.5, 0.6) is 0 Å². The molecule has 1 aromatic heterocycles. The molecule has 1 aliphatic carbocycles. The normalized spacial score (nSPS) is 12.8. The first-order valence-electron chi connectivity index (χ1n) is 29.4. The third-order valence-electron chi connectivity index (χ3n) is 17.5. The third-order valence-corrected chi connectivity index (χ3v) is 17.5. The molecule has 3 nitrogen and oxygen atoms in total. The minimum absolute atomic E-state index is 0.0627. The summed E-state index contributed by atoms with van der Waals surface area (Å²) < 4.78 is 38.1. The summed E-state index contributed by atoms with van der Waals surface area (Å²) in [5.74, 6) is -0.516. The molecule has 0 N–H and O–H groups in total. The highest BCUT2D eigenvalue weighted by Gasteiger charge is 2.50. The molecule has 0 atom stereocenters. The van der Waals surface area contributed by atoms with E-state index in [9.17, 15) is 0 Å². The van der Waals surface area contributed by atoms with Crippen molar-refractivity contribution in [1.29, 1.82) is 0 Å². The Morgan fingerprint density at radius 2 is 0.835 bits per heavy atom. The zero-order valence-electron chi connectivity index (χ0n) is 48.7. The maximum atomic E-state index is 15.5. The molecular formula is C80H64F2N2O. The third kappa shape index (κ3) is 9.09. The molecule has 0 bridgehead atoms. The average molecular weight is 1110 g/mol. The van der Waals surface area contributed by atoms with Crippen molar-refractivity contribution in [3.63, 3.8) is 0 Å². The van der Waals surface area contributed by atoms with Crippen molar-refractivity contribution < 1.29 is 13.2 Å². The highest BCUT2D eigenvalue weighted by Crippen LogP contribution is 2.63. The molecule has 0 radical (unpaired) electrons. The molecule has 14 rings (SSSR count). The van der Waals surface area contributed by atoms with Crippen LogP contribution in [0.1, 0.15) is 80.5 Å². The van der Waals surface area contributed by atoms with Gasteiger partial charge in [0.1, 0.15) is 22.8 Å². The summed E-state index contributed by atoms with van der Waals surface area (Å²) in [6.45, 7) is 13.9. The van der Waals surface area contributed by atoms with Gasteiger partial charge >= 0.3 is 0 Å². The monoisotopic (exact) mass is 1110 g/mol. The van der Waals surface area contributed by atoms with Gasteiger partial charge in [0.05, 0.1) is 11.1 Å². The highest BCUT2D eigenvalue weighted by molar-refractivity contribution is 6.21. The van der Waals surface area contributed by atoms with Gasteiger partial charge in [-0.15, -0.1) is 0 Å². The number of hydrogen-bond donors (Lipinski definition) is 0. The van der Waals surface area contributed by atoms with E-state index in [1.165, 1.54) is 28.8 Å². The minimum atomic E-state index is -0.916. The fourth-order valence-corrected chi connectivity index (χ4v) is 13.3. The standard InChI is InChI=1S/C80H64F2N2O/c1-78(2,3)55-37-45-60(46-38-55)83(59-41-33-52(34-42-59)63-25-15-18-30-69(63)81)51-54-49-73-75(67-29-17-20-32-72(67)85-73)76-74-66-28-14-13-27-65(66)71(50-68(74)80(77(54)76,57-21-9-7-10-22-57)58-23-11-8-12-24-58)84(62-47-39-56(40-48-62)79(4,5)6)61-43-35-53(36-44-61)64-26-16-19-31-70(64)82/h7-50H,51H2,1-6H3. The highest BCUT2D eigenvalue weighted by atomic mass is 19.1. The molecule has 0 aliphatic heterocycles. The van der Waals surface area contributed by atoms with E-state index in [4.69, 9.17) is 4.42 Å². The number of benzene rings is 12. The summed E-state index contributed by atoms with van der Waals surface area (Å²) in [6.07, 6.45) is 0. The first-order chi connectivity index (χ1) is 41.3. The Morgan fingerprint density at radius 3 is 1.35 bits per heavy atom. The second kappa shape index (κ2) is 20.8. The maximum Gasteiger partial charge on any atom is 0.136 e. The van der Waals surface area contributed by atoms with Crippen LogP contribution in [0, 0.1) is 11.6 Å². The summed E-state index contributed by atoms with van der Waals surface area (Å²) in [5, 5.41) is 4.29. The topological polar surface area (TPSA) is 19.6 Å². The molecule has 13 aromatic rings. The Balaban J connectivity index is 1.09. The largest absolute Gasteiger partial charge is 0.456 e. The van der Waals surface area contributed by atoms with E-state index in [2.05, 4.69) is 245 Å². The number of para-hydroxylation sites is 1. The van der Waals surface area contributed by atoms with Crippen LogP contribution < -0.4 is 9.80 Å². The summed E-state index contributed by atoms with van der Waals surface area (Å²) in [5.41, 5.74) is 18.6. The first-order valence-corrected chi connectivity index (χ1v) is 29.4. The molecule has 0 saturated heterocycles. The van der Waals surface area contributed by atoms with Gasteiger partial charge in [-0.25, -0.2) is 8.78 Å². The van der Waals surface area contributed by atoms with Crippen LogP contribution in [0.25, 0.3) is 66.1 Å². The van der Waals surface area contributed by atoms with Gasteiger partial charge in [-0.2, -0.15) is 0 Å². The van der Waals surface area contributed by atoms with Crippen LogP contribution in [0.15, 0.2) is 271 Å². The number of furan rings is 1. The minimum Gasteiger partial charge on any atom is -0.456 e. The number of fused-ring (bicyclic) bond motifs is 9. The molecule has 0 amide bonds. The molecule has 0 fully saturated rings. The predicted molar refractivity (Wildman–Crippen MR) is 350 cm³/mol. The van der Waals surface area contributed by atoms with Crippen molar-refractivity contribution in [1.82, 2.24) is 0 Å². The first kappa shape index (κ1) is 53.2. The van der Waals surface area contributed by atoms with E-state index >= 15 is 8.78 Å². The quantitative estimate of drug-likeness (QED) is 0.129. The molecule has 85 heavy (non-hydrogen) atoms. The number of rotatable bonds is 11. The van der Waals surface area contributed by atoms with Gasteiger partial charge in [-0.3, -0.25) is 0 Å². The van der Waals surface area contributed by atoms with Crippen LogP contribution in [0.2, 0.25) is 0 Å². The number of anilines is 5. The van der Waals surface area contributed by atoms with E-state index in [-0.39, 0.29) is 22.5 Å². The zero-order valence-corrected chi connectivity index (χ0v) is 48.7. The molecule has 1 aliphatic rings. The summed E-state index contributed by atoms with van der Waals surface area (Å²) in [6, 6.07) is 92.9. The molecule has 1 heterocycles. The average Bonchev–Trinajstić information content (AvgIpc) is 1.55. The second-order valence-electron chi connectivity index (χ2n) is 24.7. The van der Waals surface area contributed by atoms with E-state index in [0.717, 1.165) is 106 Å². The fraction of sp³-hybridized carbons (Fsp3) is 0.125. The lowest BCUT2D eigenvalue weighted by Crippen LogP contribution is -2.31. The second-order valence-corrected chi connectivity index (χ2v) is 24.7. The van der Waals surface area contributed by atoms with Crippen molar-refractivity contribution in [3.05, 3.63) is 317 Å². The van der Waals surface area contributed by atoms with E-state index in [0.29, 0.717) is 17.7 Å². The summed E-state index contributed by atoms with van der Waals surface area (Å²) in [7, 11) is 0. The van der Waals surface area contributed by atoms with Crippen LogP contribution >= 0.6 is 0 Å². The van der Waals surface area contributed by atoms with Gasteiger partial charge in [0.2, 0.25) is 0 Å². The van der Waals surface area contributed by atoms with Crippen LogP contribution in [-0.4, -0.2) is 0 Å². The summed E-state index contributed by atoms with van der Waals surface area (Å²) >= 11 is 0. The van der Waals surface area contributed by atoms with Gasteiger partial charge in [0.15, 0.2) is 0 Å². The molecule has 5 heteroatoms. The Hall–Kier alpha value is -9.84. The lowest BCUT2D eigenvalue weighted by Gasteiger charge is -2.37. The molecule has 0 saturated carbocycles. The van der Waals surface area contributed by atoms with E-state index in [1.54, 1.807) is 12.1 Å². The zero-order chi connectivity index (χ0) is 58.2. The molecule has 12 aromatic carbocycles. The van der Waals surface area contributed by atoms with Crippen LogP contribution in [0.3, 0.4) is 0 Å². The van der Waals surface area contributed by atoms with Gasteiger partial charge < -0.3 is 14.2 Å². The van der Waals surface area contributed by atoms with Crippen molar-refractivity contribution in [2.75, 3.05) is 9.80 Å². The van der Waals surface area contributed by atoms with Crippen molar-refractivity contribution >= 4 is 61.1 Å². The Labute approximate surface area is 496 Å². The van der Waals surface area contributed by atoms with Gasteiger partial charge in [-0.1, -0.05) is 230 Å². The van der Waals surface area contributed by atoms with Gasteiger partial charge in [-0.05, 0) is 156 Å². The van der Waals surface area contributed by atoms with Crippen molar-refractivity contribution in [2.24, 2.45) is 0 Å². The molecule has 0 spiro atoms. The Bertz CT molecular complexity index is 4590. The molecular weight excluding hydrogens is 1040 g/mol. The van der Waals surface area contributed by atoms with Crippen molar-refractivity contribution in [3.8, 4) is 33.4 Å². The molecule has 414 valence electrons. The number of hydrogen-bond acceptors (Lipinski definition) is 3. The Kier molecular flexibility index (Phi) is 13.0. The lowest BCUT2D eigenvalue weighted by molar-refractivity contribution is 0.590. The predicted octanol–water partition coefficient (Wildman–Crippen LogP) is 22.1. The van der Waals surface area contributed by atoms with Gasteiger partial charge in [0.25, 0.3) is 0 Å². The van der Waals surface area contributed by atoms with Crippen LogP contribution in [0.4, 0.5) is 37.2 Å². The fourth-order valence-electron chi connectivity index (χ4n) is 13.3.